The van der Waals surface area contributed by atoms with Crippen molar-refractivity contribution in [3.63, 3.8) is 0 Å². The minimum absolute atomic E-state index is 0.259. The second kappa shape index (κ2) is 3.03. The van der Waals surface area contributed by atoms with Gasteiger partial charge in [0.15, 0.2) is 5.79 Å². The Morgan fingerprint density at radius 2 is 2.18 bits per heavy atom. The molecule has 1 aliphatic carbocycles. The first-order valence-electron chi connectivity index (χ1n) is 3.58. The van der Waals surface area contributed by atoms with E-state index in [1.807, 2.05) is 0 Å². The van der Waals surface area contributed by atoms with Crippen molar-refractivity contribution < 1.29 is 10.2 Å². The normalized spacial score (nSPS) is 26.9. The van der Waals surface area contributed by atoms with Gasteiger partial charge in [-0.15, -0.1) is 6.58 Å². The molecule has 0 aromatic heterocycles. The Morgan fingerprint density at radius 3 is 2.73 bits per heavy atom. The van der Waals surface area contributed by atoms with Crippen molar-refractivity contribution in [2.24, 2.45) is 5.92 Å². The first kappa shape index (κ1) is 8.24. The summed E-state index contributed by atoms with van der Waals surface area (Å²) in [5.74, 6) is -1.95. The molecule has 0 bridgehead atoms. The molecule has 0 aliphatic heterocycles. The molecule has 11 heavy (non-hydrogen) atoms. The lowest BCUT2D eigenvalue weighted by Gasteiger charge is -2.27. The molecule has 0 spiro atoms. The first-order chi connectivity index (χ1) is 5.17. The van der Waals surface area contributed by atoms with E-state index >= 15 is 0 Å². The summed E-state index contributed by atoms with van der Waals surface area (Å²) in [6.07, 6.45) is 8.82. The van der Waals surface area contributed by atoms with Crippen LogP contribution in [-0.4, -0.2) is 16.0 Å². The van der Waals surface area contributed by atoms with Gasteiger partial charge in [-0.05, 0) is 12.5 Å². The van der Waals surface area contributed by atoms with Gasteiger partial charge in [0.2, 0.25) is 0 Å². The molecule has 2 heteroatoms. The largest absolute Gasteiger partial charge is 0.362 e. The van der Waals surface area contributed by atoms with E-state index in [9.17, 15) is 10.2 Å². The molecule has 0 saturated carbocycles. The van der Waals surface area contributed by atoms with Crippen LogP contribution in [0.3, 0.4) is 0 Å². The average molecular weight is 152 g/mol. The van der Waals surface area contributed by atoms with Crippen LogP contribution in [0.2, 0.25) is 0 Å². The van der Waals surface area contributed by atoms with Crippen molar-refractivity contribution in [2.45, 2.75) is 12.2 Å². The minimum Gasteiger partial charge on any atom is -0.362 e. The zero-order valence-electron chi connectivity index (χ0n) is 6.27. The molecule has 2 nitrogen and oxygen atoms in total. The van der Waals surface area contributed by atoms with Gasteiger partial charge in [-0.1, -0.05) is 24.3 Å². The van der Waals surface area contributed by atoms with Crippen LogP contribution in [-0.2, 0) is 0 Å². The smallest absolute Gasteiger partial charge is 0.189 e. The highest BCUT2D eigenvalue weighted by atomic mass is 16.5. The number of aliphatic hydroxyl groups is 2. The van der Waals surface area contributed by atoms with Crippen LogP contribution in [0.25, 0.3) is 0 Å². The molecule has 1 aliphatic rings. The predicted molar refractivity (Wildman–Crippen MR) is 43.8 cm³/mol. The number of allylic oxidation sites excluding steroid dienone is 3. The van der Waals surface area contributed by atoms with Gasteiger partial charge in [-0.3, -0.25) is 0 Å². The van der Waals surface area contributed by atoms with E-state index < -0.39 is 5.79 Å². The van der Waals surface area contributed by atoms with Gasteiger partial charge < -0.3 is 10.2 Å². The number of hydrogen-bond acceptors (Lipinski definition) is 2. The van der Waals surface area contributed by atoms with Crippen LogP contribution in [0.4, 0.5) is 0 Å². The van der Waals surface area contributed by atoms with Crippen molar-refractivity contribution in [3.05, 3.63) is 37.0 Å². The molecule has 0 aromatic rings. The fraction of sp³-hybridized carbons (Fsp3) is 0.333. The third-order valence-corrected chi connectivity index (χ3v) is 1.76. The number of rotatable bonds is 2. The van der Waals surface area contributed by atoms with Crippen LogP contribution >= 0.6 is 0 Å². The Hall–Kier alpha value is -0.860. The highest BCUT2D eigenvalue weighted by Gasteiger charge is 2.29. The van der Waals surface area contributed by atoms with Crippen molar-refractivity contribution in [1.82, 2.24) is 0 Å². The summed E-state index contributed by atoms with van der Waals surface area (Å²) in [7, 11) is 0. The Balaban J connectivity index is 2.71. The monoisotopic (exact) mass is 152 g/mol. The summed E-state index contributed by atoms with van der Waals surface area (Å²) < 4.78 is 0. The third-order valence-electron chi connectivity index (χ3n) is 1.76. The Bertz CT molecular complexity index is 202. The maximum Gasteiger partial charge on any atom is 0.189 e. The van der Waals surface area contributed by atoms with Crippen LogP contribution in [0.1, 0.15) is 6.42 Å². The standard InChI is InChI=1S/C9H12O2/c1-2-5-8-6-3-4-7-9(8,10)11/h2-4,6-8,10-11H,1,5H2. The van der Waals surface area contributed by atoms with Gasteiger partial charge in [0, 0.05) is 5.92 Å². The molecule has 60 valence electrons. The van der Waals surface area contributed by atoms with Crippen molar-refractivity contribution in [2.75, 3.05) is 0 Å². The van der Waals surface area contributed by atoms with Gasteiger partial charge >= 0.3 is 0 Å². The average Bonchev–Trinajstić information content (AvgIpc) is 1.94. The maximum absolute atomic E-state index is 9.34. The zero-order valence-corrected chi connectivity index (χ0v) is 6.27. The van der Waals surface area contributed by atoms with Crippen molar-refractivity contribution in [3.8, 4) is 0 Å². The summed E-state index contributed by atoms with van der Waals surface area (Å²) in [6, 6.07) is 0. The fourth-order valence-electron chi connectivity index (χ4n) is 1.09. The quantitative estimate of drug-likeness (QED) is 0.457. The maximum atomic E-state index is 9.34. The molecule has 2 N–H and O–H groups in total. The molecule has 0 amide bonds. The minimum atomic E-state index is -1.69. The molecule has 0 aromatic carbocycles. The summed E-state index contributed by atoms with van der Waals surface area (Å²) in [5, 5.41) is 18.7. The molecule has 1 unspecified atom stereocenters. The van der Waals surface area contributed by atoms with Crippen LogP contribution in [0.15, 0.2) is 37.0 Å². The van der Waals surface area contributed by atoms with Gasteiger partial charge in [0.25, 0.3) is 0 Å². The lowest BCUT2D eigenvalue weighted by atomic mass is 9.91. The van der Waals surface area contributed by atoms with Crippen molar-refractivity contribution in [1.29, 1.82) is 0 Å². The lowest BCUT2D eigenvalue weighted by Crippen LogP contribution is -2.35. The second-order valence-corrected chi connectivity index (χ2v) is 2.66. The summed E-state index contributed by atoms with van der Waals surface area (Å²) in [6.45, 7) is 3.54. The SMILES string of the molecule is C=CCC1C=CC=CC1(O)O. The first-order valence-corrected chi connectivity index (χ1v) is 3.58. The van der Waals surface area contributed by atoms with Gasteiger partial charge in [-0.25, -0.2) is 0 Å². The molecule has 0 radical (unpaired) electrons. The molecule has 0 fully saturated rings. The van der Waals surface area contributed by atoms with Gasteiger partial charge in [-0.2, -0.15) is 0 Å². The van der Waals surface area contributed by atoms with Crippen LogP contribution < -0.4 is 0 Å². The van der Waals surface area contributed by atoms with E-state index in [0.29, 0.717) is 6.42 Å². The topological polar surface area (TPSA) is 40.5 Å². The molecule has 0 saturated heterocycles. The fourth-order valence-corrected chi connectivity index (χ4v) is 1.09. The van der Waals surface area contributed by atoms with E-state index in [0.717, 1.165) is 0 Å². The summed E-state index contributed by atoms with van der Waals surface area (Å²) >= 11 is 0. The Morgan fingerprint density at radius 1 is 1.45 bits per heavy atom. The molecular formula is C9H12O2. The van der Waals surface area contributed by atoms with E-state index in [-0.39, 0.29) is 5.92 Å². The zero-order chi connectivity index (χ0) is 8.32. The third kappa shape index (κ3) is 1.79. The van der Waals surface area contributed by atoms with E-state index in [1.54, 1.807) is 24.3 Å². The van der Waals surface area contributed by atoms with Crippen LogP contribution in [0.5, 0.6) is 0 Å². The second-order valence-electron chi connectivity index (χ2n) is 2.66. The van der Waals surface area contributed by atoms with E-state index in [1.165, 1.54) is 6.08 Å². The summed E-state index contributed by atoms with van der Waals surface area (Å²) in [4.78, 5) is 0. The highest BCUT2D eigenvalue weighted by Crippen LogP contribution is 2.24. The van der Waals surface area contributed by atoms with E-state index in [2.05, 4.69) is 6.58 Å². The molecule has 1 atom stereocenters. The van der Waals surface area contributed by atoms with E-state index in [4.69, 9.17) is 0 Å². The Labute approximate surface area is 66.2 Å². The number of hydrogen-bond donors (Lipinski definition) is 2. The summed E-state index contributed by atoms with van der Waals surface area (Å²) in [5.41, 5.74) is 0. The molecule has 1 rings (SSSR count). The predicted octanol–water partition coefficient (Wildman–Crippen LogP) is 0.986. The highest BCUT2D eigenvalue weighted by molar-refractivity contribution is 5.18. The molecule has 0 heterocycles. The van der Waals surface area contributed by atoms with Gasteiger partial charge in [0.1, 0.15) is 0 Å². The van der Waals surface area contributed by atoms with Gasteiger partial charge in [0.05, 0.1) is 0 Å². The van der Waals surface area contributed by atoms with Crippen LogP contribution in [0, 0.1) is 5.92 Å². The lowest BCUT2D eigenvalue weighted by molar-refractivity contribution is -0.147. The molecular weight excluding hydrogens is 140 g/mol. The van der Waals surface area contributed by atoms with Crippen molar-refractivity contribution >= 4 is 0 Å². The Kier molecular flexibility index (Phi) is 2.27.